The van der Waals surface area contributed by atoms with Crippen molar-refractivity contribution in [1.82, 2.24) is 4.57 Å². The van der Waals surface area contributed by atoms with Crippen molar-refractivity contribution in [1.29, 1.82) is 5.26 Å². The predicted octanol–water partition coefficient (Wildman–Crippen LogP) is 6.70. The quantitative estimate of drug-likeness (QED) is 0.159. The highest BCUT2D eigenvalue weighted by Gasteiger charge is 2.37. The summed E-state index contributed by atoms with van der Waals surface area (Å²) in [6, 6.07) is 27.7. The lowest BCUT2D eigenvalue weighted by atomic mass is 9.92. The first-order chi connectivity index (χ1) is 23.3. The van der Waals surface area contributed by atoms with Crippen LogP contribution in [0.25, 0.3) is 11.8 Å². The number of nitrogens with zero attached hydrogens (tertiary/aromatic N) is 3. The van der Waals surface area contributed by atoms with Gasteiger partial charge in [0.1, 0.15) is 24.1 Å². The molecule has 0 radical (unpaired) electrons. The van der Waals surface area contributed by atoms with Crippen LogP contribution in [0, 0.1) is 11.3 Å². The number of benzene rings is 4. The molecule has 6 rings (SSSR count). The van der Waals surface area contributed by atoms with Gasteiger partial charge in [0.05, 0.1) is 41.2 Å². The highest BCUT2D eigenvalue weighted by molar-refractivity contribution is 7.07. The van der Waals surface area contributed by atoms with Crippen LogP contribution in [0.15, 0.2) is 106 Å². The zero-order chi connectivity index (χ0) is 33.8. The van der Waals surface area contributed by atoms with Crippen LogP contribution in [0.5, 0.6) is 11.5 Å². The number of methoxy groups -OCH3 is 1. The molecule has 0 fully saturated rings. The van der Waals surface area contributed by atoms with Crippen molar-refractivity contribution in [3.05, 3.63) is 154 Å². The van der Waals surface area contributed by atoms with Crippen LogP contribution in [0.2, 0.25) is 10.0 Å². The van der Waals surface area contributed by atoms with E-state index in [4.69, 9.17) is 47.7 Å². The minimum atomic E-state index is -0.974. The van der Waals surface area contributed by atoms with Gasteiger partial charge >= 0.3 is 5.97 Å². The van der Waals surface area contributed by atoms with E-state index in [1.54, 1.807) is 61.5 Å². The summed E-state index contributed by atoms with van der Waals surface area (Å²) < 4.78 is 19.2. The maximum absolute atomic E-state index is 14.4. The molecule has 5 aromatic rings. The van der Waals surface area contributed by atoms with Crippen molar-refractivity contribution in [3.8, 4) is 17.6 Å². The molecule has 0 spiro atoms. The molecular formula is C37H27Cl2N3O5S. The van der Waals surface area contributed by atoms with E-state index in [9.17, 15) is 9.59 Å². The van der Waals surface area contributed by atoms with Gasteiger partial charge in [0.15, 0.2) is 4.80 Å². The molecule has 0 amide bonds. The summed E-state index contributed by atoms with van der Waals surface area (Å²) in [7, 11) is 1.51. The molecule has 240 valence electrons. The van der Waals surface area contributed by atoms with Gasteiger partial charge in [-0.2, -0.15) is 5.26 Å². The third-order valence-corrected chi connectivity index (χ3v) is 9.05. The number of hydrogen-bond donors (Lipinski definition) is 0. The van der Waals surface area contributed by atoms with E-state index in [0.717, 1.165) is 5.56 Å². The van der Waals surface area contributed by atoms with E-state index in [1.807, 2.05) is 42.5 Å². The number of carbonyl (C=O) groups excluding carboxylic acids is 1. The van der Waals surface area contributed by atoms with Crippen molar-refractivity contribution in [3.63, 3.8) is 0 Å². The summed E-state index contributed by atoms with van der Waals surface area (Å²) in [6.07, 6.45) is 1.70. The van der Waals surface area contributed by atoms with Gasteiger partial charge in [-0.25, -0.2) is 9.79 Å². The number of thiazole rings is 1. The SMILES string of the molecule is CCOC(=O)C1=C(c2ccccc2)N=c2s/c(=C\c3cc(Cl)ccc3OCc3ccc(C#N)cc3)c(=O)n2[C@@H]1c1cc(Cl)ccc1OC. The second kappa shape index (κ2) is 14.3. The van der Waals surface area contributed by atoms with Gasteiger partial charge in [0.25, 0.3) is 5.56 Å². The molecule has 0 saturated carbocycles. The molecule has 0 saturated heterocycles. The summed E-state index contributed by atoms with van der Waals surface area (Å²) in [6.45, 7) is 2.07. The molecule has 1 aliphatic heterocycles. The summed E-state index contributed by atoms with van der Waals surface area (Å²) in [5.41, 5.74) is 3.33. The Morgan fingerprint density at radius 3 is 2.40 bits per heavy atom. The molecule has 11 heteroatoms. The van der Waals surface area contributed by atoms with E-state index in [1.165, 1.54) is 23.0 Å². The number of carbonyl (C=O) groups is 1. The van der Waals surface area contributed by atoms with Crippen LogP contribution in [0.3, 0.4) is 0 Å². The Labute approximate surface area is 290 Å². The normalized spacial score (nSPS) is 14.1. The van der Waals surface area contributed by atoms with Gasteiger partial charge in [-0.3, -0.25) is 9.36 Å². The van der Waals surface area contributed by atoms with E-state index in [-0.39, 0.29) is 18.8 Å². The number of rotatable bonds is 9. The average Bonchev–Trinajstić information content (AvgIpc) is 3.41. The minimum Gasteiger partial charge on any atom is -0.496 e. The molecule has 1 atom stereocenters. The molecule has 48 heavy (non-hydrogen) atoms. The summed E-state index contributed by atoms with van der Waals surface area (Å²) >= 11 is 14.1. The molecule has 4 aromatic carbocycles. The van der Waals surface area contributed by atoms with E-state index in [2.05, 4.69) is 6.07 Å². The van der Waals surface area contributed by atoms with E-state index < -0.39 is 17.6 Å². The molecule has 0 unspecified atom stereocenters. The molecule has 1 aromatic heterocycles. The molecular weight excluding hydrogens is 669 g/mol. The lowest BCUT2D eigenvalue weighted by molar-refractivity contribution is -0.138. The number of halogens is 2. The van der Waals surface area contributed by atoms with Crippen molar-refractivity contribution in [2.24, 2.45) is 4.99 Å². The number of aromatic nitrogens is 1. The second-order valence-electron chi connectivity index (χ2n) is 10.6. The van der Waals surface area contributed by atoms with Gasteiger partial charge in [0, 0.05) is 26.7 Å². The topological polar surface area (TPSA) is 103 Å². The summed E-state index contributed by atoms with van der Waals surface area (Å²) in [5.74, 6) is 0.318. The minimum absolute atomic E-state index is 0.119. The Hall–Kier alpha value is -5.14. The van der Waals surface area contributed by atoms with Crippen LogP contribution in [-0.4, -0.2) is 24.3 Å². The summed E-state index contributed by atoms with van der Waals surface area (Å²) in [5, 5.41) is 9.97. The first-order valence-corrected chi connectivity index (χ1v) is 16.4. The van der Waals surface area contributed by atoms with Crippen LogP contribution in [0.1, 0.15) is 40.8 Å². The fraction of sp³-hybridized carbons (Fsp3) is 0.135. The third kappa shape index (κ3) is 6.64. The Morgan fingerprint density at radius 1 is 1.00 bits per heavy atom. The molecule has 1 aliphatic rings. The predicted molar refractivity (Wildman–Crippen MR) is 186 cm³/mol. The summed E-state index contributed by atoms with van der Waals surface area (Å²) in [4.78, 5) is 33.5. The van der Waals surface area contributed by atoms with Gasteiger partial charge in [-0.15, -0.1) is 0 Å². The largest absolute Gasteiger partial charge is 0.496 e. The highest BCUT2D eigenvalue weighted by Crippen LogP contribution is 2.40. The van der Waals surface area contributed by atoms with Gasteiger partial charge < -0.3 is 14.2 Å². The van der Waals surface area contributed by atoms with Crippen molar-refractivity contribution < 1.29 is 19.0 Å². The number of nitriles is 1. The van der Waals surface area contributed by atoms with Gasteiger partial charge in [-0.1, -0.05) is 77.0 Å². The Bertz CT molecular complexity index is 2270. The number of ether oxygens (including phenoxy) is 3. The number of hydrogen-bond acceptors (Lipinski definition) is 8. The van der Waals surface area contributed by atoms with Crippen molar-refractivity contribution in [2.75, 3.05) is 13.7 Å². The first-order valence-electron chi connectivity index (χ1n) is 14.8. The first kappa shape index (κ1) is 32.8. The molecule has 0 bridgehead atoms. The van der Waals surface area contributed by atoms with Crippen LogP contribution >= 0.6 is 34.5 Å². The smallest absolute Gasteiger partial charge is 0.338 e. The average molecular weight is 697 g/mol. The van der Waals surface area contributed by atoms with Crippen molar-refractivity contribution in [2.45, 2.75) is 19.6 Å². The third-order valence-electron chi connectivity index (χ3n) is 7.60. The van der Waals surface area contributed by atoms with E-state index in [0.29, 0.717) is 58.8 Å². The van der Waals surface area contributed by atoms with Crippen LogP contribution < -0.4 is 24.4 Å². The maximum Gasteiger partial charge on any atom is 0.338 e. The van der Waals surface area contributed by atoms with E-state index >= 15 is 0 Å². The van der Waals surface area contributed by atoms with Crippen LogP contribution in [0.4, 0.5) is 0 Å². The standard InChI is InChI=1S/C37H27Cl2N3O5S/c1-3-46-36(44)32-33(24-7-5-4-6-8-24)41-37-42(34(32)28-19-27(39)14-16-30(28)45-2)35(43)31(48-37)18-25-17-26(38)13-15-29(25)47-21-23-11-9-22(20-40)10-12-23/h4-19,34H,3,21H2,1-2H3/b31-18-/t34-/m1/s1. The Kier molecular flexibility index (Phi) is 9.78. The molecule has 2 heterocycles. The molecule has 0 N–H and O–H groups in total. The van der Waals surface area contributed by atoms with Crippen molar-refractivity contribution >= 4 is 52.3 Å². The van der Waals surface area contributed by atoms with Gasteiger partial charge in [-0.05, 0) is 67.1 Å². The van der Waals surface area contributed by atoms with Gasteiger partial charge in [0.2, 0.25) is 0 Å². The number of fused-ring (bicyclic) bond motifs is 1. The van der Waals surface area contributed by atoms with Crippen LogP contribution in [-0.2, 0) is 16.1 Å². The lowest BCUT2D eigenvalue weighted by Gasteiger charge is -2.27. The zero-order valence-electron chi connectivity index (χ0n) is 25.8. The second-order valence-corrected chi connectivity index (χ2v) is 12.5. The monoisotopic (exact) mass is 695 g/mol. The Morgan fingerprint density at radius 2 is 1.71 bits per heavy atom. The fourth-order valence-corrected chi connectivity index (χ4v) is 6.75. The zero-order valence-corrected chi connectivity index (χ0v) is 28.1. The lowest BCUT2D eigenvalue weighted by Crippen LogP contribution is -2.40. The highest BCUT2D eigenvalue weighted by atomic mass is 35.5. The maximum atomic E-state index is 14.4. The number of esters is 1. The Balaban J connectivity index is 1.55. The molecule has 8 nitrogen and oxygen atoms in total. The molecule has 0 aliphatic carbocycles. The fourth-order valence-electron chi connectivity index (χ4n) is 5.39.